The van der Waals surface area contributed by atoms with Crippen LogP contribution in [0.4, 0.5) is 0 Å². The monoisotopic (exact) mass is 186 g/mol. The van der Waals surface area contributed by atoms with Gasteiger partial charge >= 0.3 is 5.97 Å². The molecule has 1 aliphatic carbocycles. The van der Waals surface area contributed by atoms with Gasteiger partial charge in [-0.1, -0.05) is 18.2 Å². The van der Waals surface area contributed by atoms with Crippen LogP contribution in [0.2, 0.25) is 0 Å². The normalized spacial score (nSPS) is 34.5. The van der Waals surface area contributed by atoms with Gasteiger partial charge in [-0.15, -0.1) is 0 Å². The average molecular weight is 186 g/mol. The number of carbonyl (C=O) groups is 1. The number of hydrogen-bond acceptors (Lipinski definition) is 4. The molecule has 0 spiro atoms. The van der Waals surface area contributed by atoms with E-state index in [1.54, 1.807) is 0 Å². The molecule has 0 saturated carbocycles. The maximum atomic E-state index is 10.4. The molecule has 0 aromatic rings. The van der Waals surface area contributed by atoms with E-state index in [9.17, 15) is 15.0 Å². The van der Waals surface area contributed by atoms with Crippen LogP contribution in [0, 0.1) is 0 Å². The van der Waals surface area contributed by atoms with Crippen molar-refractivity contribution in [1.29, 1.82) is 0 Å². The zero-order valence-electron chi connectivity index (χ0n) is 6.66. The summed E-state index contributed by atoms with van der Waals surface area (Å²) in [4.78, 5) is 10.4. The lowest BCUT2D eigenvalue weighted by Gasteiger charge is -2.32. The van der Waals surface area contributed by atoms with Gasteiger partial charge in [0.2, 0.25) is 0 Å². The molecule has 0 aromatic heterocycles. The molecule has 3 atom stereocenters. The highest BCUT2D eigenvalue weighted by atomic mass is 16.4. The van der Waals surface area contributed by atoms with Gasteiger partial charge in [-0.2, -0.15) is 0 Å². The number of hydrogen-bond donors (Lipinski definition) is 4. The number of carboxylic acids is 1. The Labute approximate surface area is 74.2 Å². The first-order valence-electron chi connectivity index (χ1n) is 3.66. The minimum absolute atomic E-state index is 1.05. The molecule has 0 aliphatic heterocycles. The van der Waals surface area contributed by atoms with Gasteiger partial charge in [0.1, 0.15) is 11.7 Å². The molecule has 5 heteroatoms. The third-order valence-electron chi connectivity index (χ3n) is 1.91. The molecule has 1 aliphatic rings. The summed E-state index contributed by atoms with van der Waals surface area (Å²) in [6, 6.07) is 0. The second kappa shape index (κ2) is 3.29. The second-order valence-electron chi connectivity index (χ2n) is 2.82. The van der Waals surface area contributed by atoms with Crippen molar-refractivity contribution in [3.63, 3.8) is 0 Å². The van der Waals surface area contributed by atoms with E-state index in [2.05, 4.69) is 0 Å². The van der Waals surface area contributed by atoms with Crippen molar-refractivity contribution in [3.8, 4) is 0 Å². The van der Waals surface area contributed by atoms with Crippen LogP contribution in [0.3, 0.4) is 0 Å². The number of aliphatic carboxylic acids is 1. The largest absolute Gasteiger partial charge is 0.479 e. The Morgan fingerprint density at radius 2 is 2.08 bits per heavy atom. The first kappa shape index (κ1) is 9.91. The smallest absolute Gasteiger partial charge is 0.336 e. The van der Waals surface area contributed by atoms with Gasteiger partial charge in [0.05, 0.1) is 0 Å². The Kier molecular flexibility index (Phi) is 2.51. The summed E-state index contributed by atoms with van der Waals surface area (Å²) in [5, 5.41) is 36.3. The Balaban J connectivity index is 2.93. The SMILES string of the molecule is O=C(O)C(O)C1(O)C=CC=CC1O. The van der Waals surface area contributed by atoms with Crippen LogP contribution in [0.15, 0.2) is 24.3 Å². The zero-order chi connectivity index (χ0) is 10.1. The van der Waals surface area contributed by atoms with E-state index in [1.807, 2.05) is 0 Å². The third kappa shape index (κ3) is 1.62. The van der Waals surface area contributed by atoms with Crippen LogP contribution in [-0.4, -0.2) is 44.2 Å². The maximum Gasteiger partial charge on any atom is 0.336 e. The van der Waals surface area contributed by atoms with Crippen LogP contribution in [0.5, 0.6) is 0 Å². The maximum absolute atomic E-state index is 10.4. The number of carboxylic acid groups (broad SMARTS) is 1. The molecule has 0 amide bonds. The number of allylic oxidation sites excluding steroid dienone is 2. The Bertz CT molecular complexity index is 270. The summed E-state index contributed by atoms with van der Waals surface area (Å²) >= 11 is 0. The summed E-state index contributed by atoms with van der Waals surface area (Å²) in [7, 11) is 0. The Hall–Kier alpha value is -1.17. The molecule has 0 saturated heterocycles. The zero-order valence-corrected chi connectivity index (χ0v) is 6.66. The lowest BCUT2D eigenvalue weighted by molar-refractivity contribution is -0.166. The fourth-order valence-corrected chi connectivity index (χ4v) is 1.08. The molecule has 0 heterocycles. The number of rotatable bonds is 2. The van der Waals surface area contributed by atoms with Crippen molar-refractivity contribution in [2.45, 2.75) is 17.8 Å². The predicted molar refractivity (Wildman–Crippen MR) is 42.9 cm³/mol. The van der Waals surface area contributed by atoms with Crippen LogP contribution < -0.4 is 0 Å². The van der Waals surface area contributed by atoms with Crippen LogP contribution in [-0.2, 0) is 4.79 Å². The van der Waals surface area contributed by atoms with E-state index < -0.39 is 23.8 Å². The second-order valence-corrected chi connectivity index (χ2v) is 2.82. The molecule has 13 heavy (non-hydrogen) atoms. The Morgan fingerprint density at radius 3 is 2.54 bits per heavy atom. The fourth-order valence-electron chi connectivity index (χ4n) is 1.08. The van der Waals surface area contributed by atoms with E-state index >= 15 is 0 Å². The van der Waals surface area contributed by atoms with Gasteiger partial charge < -0.3 is 20.4 Å². The highest BCUT2D eigenvalue weighted by Crippen LogP contribution is 2.22. The highest BCUT2D eigenvalue weighted by molar-refractivity contribution is 5.74. The number of aliphatic hydroxyl groups excluding tert-OH is 2. The molecule has 0 radical (unpaired) electrons. The number of aliphatic hydroxyl groups is 3. The van der Waals surface area contributed by atoms with Gasteiger partial charge in [-0.25, -0.2) is 4.79 Å². The van der Waals surface area contributed by atoms with E-state index in [0.29, 0.717) is 0 Å². The van der Waals surface area contributed by atoms with Crippen molar-refractivity contribution in [3.05, 3.63) is 24.3 Å². The molecular formula is C8H10O5. The third-order valence-corrected chi connectivity index (χ3v) is 1.91. The fraction of sp³-hybridized carbons (Fsp3) is 0.375. The van der Waals surface area contributed by atoms with E-state index in [4.69, 9.17) is 10.2 Å². The van der Waals surface area contributed by atoms with Crippen LogP contribution in [0.25, 0.3) is 0 Å². The molecule has 1 rings (SSSR count). The quantitative estimate of drug-likeness (QED) is 0.427. The average Bonchev–Trinajstić information content (AvgIpc) is 2.09. The lowest BCUT2D eigenvalue weighted by Crippen LogP contribution is -2.54. The van der Waals surface area contributed by atoms with Crippen LogP contribution >= 0.6 is 0 Å². The Morgan fingerprint density at radius 1 is 1.46 bits per heavy atom. The van der Waals surface area contributed by atoms with Gasteiger partial charge in [0, 0.05) is 0 Å². The molecule has 3 unspecified atom stereocenters. The summed E-state index contributed by atoms with van der Waals surface area (Å²) in [5.74, 6) is -1.58. The molecule has 0 fully saturated rings. The van der Waals surface area contributed by atoms with Crippen molar-refractivity contribution < 1.29 is 25.2 Å². The van der Waals surface area contributed by atoms with Crippen molar-refractivity contribution in [2.75, 3.05) is 0 Å². The first-order valence-corrected chi connectivity index (χ1v) is 3.66. The van der Waals surface area contributed by atoms with Crippen molar-refractivity contribution in [2.24, 2.45) is 0 Å². The van der Waals surface area contributed by atoms with Gasteiger partial charge in [0.15, 0.2) is 6.10 Å². The van der Waals surface area contributed by atoms with Crippen molar-refractivity contribution in [1.82, 2.24) is 0 Å². The van der Waals surface area contributed by atoms with Crippen LogP contribution in [0.1, 0.15) is 0 Å². The van der Waals surface area contributed by atoms with E-state index in [-0.39, 0.29) is 0 Å². The highest BCUT2D eigenvalue weighted by Gasteiger charge is 2.44. The lowest BCUT2D eigenvalue weighted by atomic mass is 9.87. The van der Waals surface area contributed by atoms with Gasteiger partial charge in [-0.3, -0.25) is 0 Å². The minimum atomic E-state index is -2.14. The summed E-state index contributed by atoms with van der Waals surface area (Å²) in [5.41, 5.74) is -2.14. The molecule has 4 N–H and O–H groups in total. The summed E-state index contributed by atoms with van der Waals surface area (Å²) in [6.07, 6.45) is 1.61. The van der Waals surface area contributed by atoms with Gasteiger partial charge in [0.25, 0.3) is 0 Å². The van der Waals surface area contributed by atoms with E-state index in [0.717, 1.165) is 6.08 Å². The minimum Gasteiger partial charge on any atom is -0.479 e. The van der Waals surface area contributed by atoms with Crippen molar-refractivity contribution >= 4 is 5.97 Å². The predicted octanol–water partition coefficient (Wildman–Crippen LogP) is -1.35. The molecule has 0 aromatic carbocycles. The first-order chi connectivity index (χ1) is 5.98. The summed E-state index contributed by atoms with van der Waals surface area (Å²) < 4.78 is 0. The van der Waals surface area contributed by atoms with Gasteiger partial charge in [-0.05, 0) is 6.08 Å². The summed E-state index contributed by atoms with van der Waals surface area (Å²) in [6.45, 7) is 0. The molecule has 72 valence electrons. The molecule has 0 bridgehead atoms. The topological polar surface area (TPSA) is 98.0 Å². The molecular weight excluding hydrogens is 176 g/mol. The van der Waals surface area contributed by atoms with E-state index in [1.165, 1.54) is 18.2 Å². The molecule has 5 nitrogen and oxygen atoms in total. The standard InChI is InChI=1S/C8H10O5/c9-5-3-1-2-4-8(5,13)6(10)7(11)12/h1-6,9-10,13H,(H,11,12).